The van der Waals surface area contributed by atoms with Crippen molar-refractivity contribution in [3.8, 4) is 0 Å². The largest absolute Gasteiger partial charge is 0.412 e. The van der Waals surface area contributed by atoms with E-state index in [1.807, 2.05) is 48.7 Å². The summed E-state index contributed by atoms with van der Waals surface area (Å²) in [6, 6.07) is 0. The highest BCUT2D eigenvalue weighted by atomic mass is 16.5. The molecule has 4 aliphatic rings. The van der Waals surface area contributed by atoms with Gasteiger partial charge in [0.05, 0.1) is 6.10 Å². The minimum atomic E-state index is 0. The molecule has 0 heterocycles. The molecule has 0 amide bonds. The van der Waals surface area contributed by atoms with E-state index >= 15 is 0 Å². The Labute approximate surface area is 222 Å². The highest BCUT2D eigenvalue weighted by Gasteiger charge is 2.60. The summed E-state index contributed by atoms with van der Waals surface area (Å²) in [6.07, 6.45) is 16.8. The van der Waals surface area contributed by atoms with Gasteiger partial charge in [0.15, 0.2) is 0 Å². The van der Waals surface area contributed by atoms with Crippen LogP contribution < -0.4 is 0 Å². The van der Waals surface area contributed by atoms with Gasteiger partial charge < -0.3 is 10.2 Å². The first-order valence-corrected chi connectivity index (χ1v) is 15.8. The van der Waals surface area contributed by atoms with Gasteiger partial charge in [0.25, 0.3) is 0 Å². The SMILES string of the molecule is CC.CC.CC.COC(C)CC[C@H](C)[C@H]1CCC2C3CCC4CC(C)CC[C@]4(C)C3CC[C@@]21C.O. The monoisotopic (exact) mass is 497 g/mol. The van der Waals surface area contributed by atoms with Crippen LogP contribution in [0, 0.1) is 52.3 Å². The van der Waals surface area contributed by atoms with Crippen molar-refractivity contribution in [1.82, 2.24) is 0 Å². The van der Waals surface area contributed by atoms with Gasteiger partial charge in [0.1, 0.15) is 0 Å². The van der Waals surface area contributed by atoms with Gasteiger partial charge in [0.2, 0.25) is 0 Å². The van der Waals surface area contributed by atoms with Gasteiger partial charge in [0, 0.05) is 7.11 Å². The summed E-state index contributed by atoms with van der Waals surface area (Å²) in [6.45, 7) is 24.8. The molecule has 0 spiro atoms. The van der Waals surface area contributed by atoms with Crippen molar-refractivity contribution in [2.24, 2.45) is 52.3 Å². The fourth-order valence-corrected chi connectivity index (χ4v) is 9.26. The smallest absolute Gasteiger partial charge is 0.0543 e. The third kappa shape index (κ3) is 7.28. The van der Waals surface area contributed by atoms with Gasteiger partial charge in [-0.1, -0.05) is 75.7 Å². The molecule has 0 saturated heterocycles. The van der Waals surface area contributed by atoms with E-state index in [2.05, 4.69) is 34.6 Å². The average Bonchev–Trinajstić information content (AvgIpc) is 3.23. The molecule has 0 aromatic carbocycles. The molecule has 4 saturated carbocycles. The van der Waals surface area contributed by atoms with Crippen molar-refractivity contribution in [3.05, 3.63) is 0 Å². The summed E-state index contributed by atoms with van der Waals surface area (Å²) >= 11 is 0. The molecule has 0 aromatic rings. The second-order valence-corrected chi connectivity index (χ2v) is 12.4. The lowest BCUT2D eigenvalue weighted by molar-refractivity contribution is -0.120. The Morgan fingerprint density at radius 2 is 1.31 bits per heavy atom. The topological polar surface area (TPSA) is 40.7 Å². The van der Waals surface area contributed by atoms with Crippen LogP contribution in [0.3, 0.4) is 0 Å². The first-order chi connectivity index (χ1) is 16.3. The van der Waals surface area contributed by atoms with Crippen LogP contribution in [0.5, 0.6) is 0 Å². The van der Waals surface area contributed by atoms with Crippen molar-refractivity contribution < 1.29 is 10.2 Å². The number of rotatable bonds is 5. The van der Waals surface area contributed by atoms with Crippen molar-refractivity contribution in [2.45, 2.75) is 153 Å². The second-order valence-electron chi connectivity index (χ2n) is 12.4. The Balaban J connectivity index is 0.00000154. The summed E-state index contributed by atoms with van der Waals surface area (Å²) in [5.74, 6) is 6.95. The Kier molecular flexibility index (Phi) is 16.0. The van der Waals surface area contributed by atoms with Gasteiger partial charge in [-0.3, -0.25) is 0 Å². The van der Waals surface area contributed by atoms with Crippen LogP contribution >= 0.6 is 0 Å². The lowest BCUT2D eigenvalue weighted by atomic mass is 9.44. The van der Waals surface area contributed by atoms with Crippen molar-refractivity contribution >= 4 is 0 Å². The van der Waals surface area contributed by atoms with Crippen LogP contribution in [0.1, 0.15) is 147 Å². The van der Waals surface area contributed by atoms with E-state index in [1.165, 1.54) is 57.8 Å². The van der Waals surface area contributed by atoms with Gasteiger partial charge in [-0.15, -0.1) is 0 Å². The van der Waals surface area contributed by atoms with Crippen molar-refractivity contribution in [2.75, 3.05) is 7.11 Å². The average molecular weight is 497 g/mol. The van der Waals surface area contributed by atoms with Gasteiger partial charge >= 0.3 is 0 Å². The molecule has 2 N–H and O–H groups in total. The molecule has 4 aliphatic carbocycles. The third-order valence-corrected chi connectivity index (χ3v) is 11.1. The van der Waals surface area contributed by atoms with E-state index in [4.69, 9.17) is 4.74 Å². The summed E-state index contributed by atoms with van der Waals surface area (Å²) in [5, 5.41) is 0. The normalized spacial score (nSPS) is 40.8. The molecular formula is C33H68O2. The van der Waals surface area contributed by atoms with Crippen LogP contribution in [0.2, 0.25) is 0 Å². The molecule has 2 heteroatoms. The summed E-state index contributed by atoms with van der Waals surface area (Å²) < 4.78 is 5.53. The maximum absolute atomic E-state index is 5.53. The third-order valence-electron chi connectivity index (χ3n) is 11.1. The molecule has 2 nitrogen and oxygen atoms in total. The molecule has 6 unspecified atom stereocenters. The number of ether oxygens (including phenoxy) is 1. The van der Waals surface area contributed by atoms with E-state index in [-0.39, 0.29) is 5.48 Å². The van der Waals surface area contributed by atoms with E-state index < -0.39 is 0 Å². The highest BCUT2D eigenvalue weighted by molar-refractivity contribution is 5.09. The van der Waals surface area contributed by atoms with E-state index in [0.717, 1.165) is 41.4 Å². The minimum Gasteiger partial charge on any atom is -0.412 e. The highest BCUT2D eigenvalue weighted by Crippen LogP contribution is 2.68. The summed E-state index contributed by atoms with van der Waals surface area (Å²) in [5.41, 5.74) is 1.30. The molecular weight excluding hydrogens is 428 g/mol. The first-order valence-electron chi connectivity index (χ1n) is 15.8. The van der Waals surface area contributed by atoms with E-state index in [9.17, 15) is 0 Å². The van der Waals surface area contributed by atoms with Gasteiger partial charge in [-0.2, -0.15) is 0 Å². The molecule has 35 heavy (non-hydrogen) atoms. The molecule has 0 bridgehead atoms. The Bertz CT molecular complexity index is 547. The molecule has 212 valence electrons. The number of hydrogen-bond donors (Lipinski definition) is 0. The predicted molar refractivity (Wildman–Crippen MR) is 157 cm³/mol. The Morgan fingerprint density at radius 1 is 0.743 bits per heavy atom. The van der Waals surface area contributed by atoms with Crippen LogP contribution in [0.25, 0.3) is 0 Å². The maximum atomic E-state index is 5.53. The lowest BCUT2D eigenvalue weighted by Gasteiger charge is -2.61. The predicted octanol–water partition coefficient (Wildman–Crippen LogP) is 9.99. The number of methoxy groups -OCH3 is 1. The second kappa shape index (κ2) is 16.0. The quantitative estimate of drug-likeness (QED) is 0.373. The lowest BCUT2D eigenvalue weighted by Crippen LogP contribution is -2.53. The zero-order valence-electron chi connectivity index (χ0n) is 26.3. The standard InChI is InChI=1S/C27H48O.3C2H6.H2O/c1-18-13-15-26(4)21(17-18)9-10-22-24-12-11-23(19(2)7-8-20(3)28-6)27(24,5)16-14-25(22)26;3*1-2;/h18-25H,7-17H2,1-6H3;3*1-2H3;1H2/t18?,19-,20?,21?,22?,23+,24?,25?,26-,27+;;;;/m0..../s1. The van der Waals surface area contributed by atoms with Crippen molar-refractivity contribution in [3.63, 3.8) is 0 Å². The van der Waals surface area contributed by atoms with Crippen LogP contribution in [-0.4, -0.2) is 18.7 Å². The zero-order valence-corrected chi connectivity index (χ0v) is 26.3. The minimum absolute atomic E-state index is 0. The molecule has 10 atom stereocenters. The van der Waals surface area contributed by atoms with Crippen molar-refractivity contribution in [1.29, 1.82) is 0 Å². The molecule has 4 rings (SSSR count). The van der Waals surface area contributed by atoms with Gasteiger partial charge in [-0.05, 0) is 123 Å². The first kappa shape index (κ1) is 34.9. The van der Waals surface area contributed by atoms with Crippen LogP contribution in [0.4, 0.5) is 0 Å². The number of fused-ring (bicyclic) bond motifs is 5. The zero-order chi connectivity index (χ0) is 26.1. The Hall–Kier alpha value is -0.0800. The Morgan fingerprint density at radius 3 is 1.91 bits per heavy atom. The molecule has 0 radical (unpaired) electrons. The van der Waals surface area contributed by atoms with Crippen LogP contribution in [0.15, 0.2) is 0 Å². The maximum Gasteiger partial charge on any atom is 0.0543 e. The van der Waals surface area contributed by atoms with E-state index in [1.54, 1.807) is 12.8 Å². The number of hydrogen-bond acceptors (Lipinski definition) is 1. The fourth-order valence-electron chi connectivity index (χ4n) is 9.26. The van der Waals surface area contributed by atoms with Crippen LogP contribution in [-0.2, 0) is 4.74 Å². The molecule has 4 fully saturated rings. The molecule has 0 aromatic heterocycles. The summed E-state index contributed by atoms with van der Waals surface area (Å²) in [4.78, 5) is 0. The van der Waals surface area contributed by atoms with E-state index in [0.29, 0.717) is 16.9 Å². The fraction of sp³-hybridized carbons (Fsp3) is 1.00. The molecule has 0 aliphatic heterocycles. The summed E-state index contributed by atoms with van der Waals surface area (Å²) in [7, 11) is 1.87. The van der Waals surface area contributed by atoms with Gasteiger partial charge in [-0.25, -0.2) is 0 Å².